The standard InChI is InChI=1S/C21H42O2/c1-3-5-7-9-11-13-15-17-20(21-22-18-19-23-21)16-14-12-10-8-6-4-2/h20-21H,3-19H2,1-2H3. The predicted octanol–water partition coefficient (Wildman–Crippen LogP) is 6.87. The fraction of sp³-hybridized carbons (Fsp3) is 1.00. The smallest absolute Gasteiger partial charge is 0.160 e. The molecule has 1 saturated heterocycles. The lowest BCUT2D eigenvalue weighted by molar-refractivity contribution is -0.0885. The lowest BCUT2D eigenvalue weighted by Crippen LogP contribution is -2.21. The van der Waals surface area contributed by atoms with Crippen molar-refractivity contribution in [1.82, 2.24) is 0 Å². The minimum atomic E-state index is 0.103. The molecular formula is C21H42O2. The molecule has 2 heteroatoms. The van der Waals surface area contributed by atoms with Crippen molar-refractivity contribution in [2.75, 3.05) is 13.2 Å². The summed E-state index contributed by atoms with van der Waals surface area (Å²) in [5.41, 5.74) is 0. The molecule has 0 aromatic rings. The summed E-state index contributed by atoms with van der Waals surface area (Å²) in [5.74, 6) is 0.638. The van der Waals surface area contributed by atoms with Gasteiger partial charge in [0.05, 0.1) is 13.2 Å². The SMILES string of the molecule is CCCCCCCCCC(CCCCCCCC)C1OCCO1. The van der Waals surface area contributed by atoms with Gasteiger partial charge < -0.3 is 9.47 Å². The second-order valence-electron chi connectivity index (χ2n) is 7.34. The van der Waals surface area contributed by atoms with Crippen molar-refractivity contribution in [3.8, 4) is 0 Å². The number of unbranched alkanes of at least 4 members (excludes halogenated alkanes) is 11. The Balaban J connectivity index is 2.08. The largest absolute Gasteiger partial charge is 0.350 e. The summed E-state index contributed by atoms with van der Waals surface area (Å²) in [5, 5.41) is 0. The van der Waals surface area contributed by atoms with E-state index in [-0.39, 0.29) is 6.29 Å². The molecule has 1 fully saturated rings. The van der Waals surface area contributed by atoms with E-state index in [0.717, 1.165) is 13.2 Å². The van der Waals surface area contributed by atoms with Crippen LogP contribution in [0.2, 0.25) is 0 Å². The van der Waals surface area contributed by atoms with E-state index in [4.69, 9.17) is 9.47 Å². The summed E-state index contributed by atoms with van der Waals surface area (Å²) in [4.78, 5) is 0. The van der Waals surface area contributed by atoms with Crippen LogP contribution in [0.4, 0.5) is 0 Å². The van der Waals surface area contributed by atoms with Crippen LogP contribution < -0.4 is 0 Å². The zero-order valence-electron chi connectivity index (χ0n) is 16.0. The Bertz CT molecular complexity index is 236. The maximum absolute atomic E-state index is 5.80. The van der Waals surface area contributed by atoms with E-state index in [1.807, 2.05) is 0 Å². The zero-order chi connectivity index (χ0) is 16.6. The first kappa shape index (κ1) is 21.0. The summed E-state index contributed by atoms with van der Waals surface area (Å²) in [7, 11) is 0. The highest BCUT2D eigenvalue weighted by Crippen LogP contribution is 2.26. The minimum Gasteiger partial charge on any atom is -0.350 e. The van der Waals surface area contributed by atoms with Gasteiger partial charge in [0.15, 0.2) is 6.29 Å². The molecule has 0 aliphatic carbocycles. The molecule has 0 aromatic heterocycles. The molecule has 1 rings (SSSR count). The Morgan fingerprint density at radius 1 is 0.609 bits per heavy atom. The van der Waals surface area contributed by atoms with Crippen molar-refractivity contribution < 1.29 is 9.47 Å². The van der Waals surface area contributed by atoms with Crippen LogP contribution in [-0.2, 0) is 9.47 Å². The van der Waals surface area contributed by atoms with Gasteiger partial charge in [0.25, 0.3) is 0 Å². The van der Waals surface area contributed by atoms with Gasteiger partial charge in [-0.2, -0.15) is 0 Å². The van der Waals surface area contributed by atoms with Gasteiger partial charge in [-0.05, 0) is 12.8 Å². The molecule has 1 heterocycles. The van der Waals surface area contributed by atoms with E-state index < -0.39 is 0 Å². The Hall–Kier alpha value is -0.0800. The van der Waals surface area contributed by atoms with E-state index in [1.165, 1.54) is 96.3 Å². The van der Waals surface area contributed by atoms with Gasteiger partial charge in [-0.3, -0.25) is 0 Å². The number of ether oxygens (including phenoxy) is 2. The summed E-state index contributed by atoms with van der Waals surface area (Å²) >= 11 is 0. The molecule has 0 N–H and O–H groups in total. The van der Waals surface area contributed by atoms with Gasteiger partial charge in [0.1, 0.15) is 0 Å². The van der Waals surface area contributed by atoms with Crippen LogP contribution in [0.1, 0.15) is 110 Å². The maximum atomic E-state index is 5.80. The van der Waals surface area contributed by atoms with Crippen molar-refractivity contribution in [3.63, 3.8) is 0 Å². The molecule has 1 atom stereocenters. The zero-order valence-corrected chi connectivity index (χ0v) is 16.0. The van der Waals surface area contributed by atoms with Gasteiger partial charge in [-0.25, -0.2) is 0 Å². The molecule has 23 heavy (non-hydrogen) atoms. The van der Waals surface area contributed by atoms with Crippen LogP contribution in [0.3, 0.4) is 0 Å². The molecule has 0 amide bonds. The lowest BCUT2D eigenvalue weighted by Gasteiger charge is -2.22. The van der Waals surface area contributed by atoms with Crippen LogP contribution >= 0.6 is 0 Å². The van der Waals surface area contributed by atoms with Gasteiger partial charge in [-0.1, -0.05) is 97.3 Å². The third-order valence-corrected chi connectivity index (χ3v) is 5.14. The number of hydrogen-bond donors (Lipinski definition) is 0. The van der Waals surface area contributed by atoms with Gasteiger partial charge in [0.2, 0.25) is 0 Å². The van der Waals surface area contributed by atoms with E-state index in [0.29, 0.717) is 5.92 Å². The molecule has 0 saturated carbocycles. The minimum absolute atomic E-state index is 0.103. The first-order valence-electron chi connectivity index (χ1n) is 10.6. The van der Waals surface area contributed by atoms with Crippen molar-refractivity contribution in [1.29, 1.82) is 0 Å². The van der Waals surface area contributed by atoms with Crippen LogP contribution in [0.15, 0.2) is 0 Å². The third-order valence-electron chi connectivity index (χ3n) is 5.14. The van der Waals surface area contributed by atoms with Gasteiger partial charge in [0, 0.05) is 5.92 Å². The quantitative estimate of drug-likeness (QED) is 0.288. The highest BCUT2D eigenvalue weighted by Gasteiger charge is 2.25. The second kappa shape index (κ2) is 15.4. The van der Waals surface area contributed by atoms with Crippen molar-refractivity contribution in [2.45, 2.75) is 116 Å². The molecule has 0 radical (unpaired) electrons. The first-order chi connectivity index (χ1) is 11.4. The van der Waals surface area contributed by atoms with Gasteiger partial charge >= 0.3 is 0 Å². The summed E-state index contributed by atoms with van der Waals surface area (Å²) in [6.07, 6.45) is 20.8. The third kappa shape index (κ3) is 11.2. The molecule has 0 aromatic carbocycles. The fourth-order valence-corrected chi connectivity index (χ4v) is 3.62. The molecule has 138 valence electrons. The van der Waals surface area contributed by atoms with E-state index >= 15 is 0 Å². The predicted molar refractivity (Wildman–Crippen MR) is 99.8 cm³/mol. The number of rotatable bonds is 16. The molecule has 2 nitrogen and oxygen atoms in total. The van der Waals surface area contributed by atoms with Crippen LogP contribution in [0.25, 0.3) is 0 Å². The maximum Gasteiger partial charge on any atom is 0.160 e. The lowest BCUT2D eigenvalue weighted by atomic mass is 9.93. The summed E-state index contributed by atoms with van der Waals surface area (Å²) in [6.45, 7) is 6.17. The van der Waals surface area contributed by atoms with E-state index in [2.05, 4.69) is 13.8 Å². The van der Waals surface area contributed by atoms with Crippen molar-refractivity contribution in [2.24, 2.45) is 5.92 Å². The Morgan fingerprint density at radius 2 is 1.00 bits per heavy atom. The Kier molecular flexibility index (Phi) is 14.1. The normalized spacial score (nSPS) is 17.0. The Labute approximate surface area is 145 Å². The van der Waals surface area contributed by atoms with E-state index in [1.54, 1.807) is 0 Å². The second-order valence-corrected chi connectivity index (χ2v) is 7.34. The van der Waals surface area contributed by atoms with Crippen LogP contribution in [0.5, 0.6) is 0 Å². The summed E-state index contributed by atoms with van der Waals surface area (Å²) < 4.78 is 11.6. The first-order valence-corrected chi connectivity index (χ1v) is 10.6. The molecule has 0 bridgehead atoms. The molecule has 1 aliphatic rings. The van der Waals surface area contributed by atoms with Crippen LogP contribution in [-0.4, -0.2) is 19.5 Å². The van der Waals surface area contributed by atoms with Gasteiger partial charge in [-0.15, -0.1) is 0 Å². The highest BCUT2D eigenvalue weighted by atomic mass is 16.7. The monoisotopic (exact) mass is 326 g/mol. The average Bonchev–Trinajstić information content (AvgIpc) is 3.09. The molecule has 1 aliphatic heterocycles. The van der Waals surface area contributed by atoms with Crippen LogP contribution in [0, 0.1) is 5.92 Å². The molecule has 1 unspecified atom stereocenters. The topological polar surface area (TPSA) is 18.5 Å². The fourth-order valence-electron chi connectivity index (χ4n) is 3.62. The highest BCUT2D eigenvalue weighted by molar-refractivity contribution is 4.67. The van der Waals surface area contributed by atoms with E-state index in [9.17, 15) is 0 Å². The van der Waals surface area contributed by atoms with Crippen molar-refractivity contribution >= 4 is 0 Å². The molecule has 0 spiro atoms. The average molecular weight is 327 g/mol. The number of hydrogen-bond acceptors (Lipinski definition) is 2. The Morgan fingerprint density at radius 3 is 1.43 bits per heavy atom. The molecular weight excluding hydrogens is 284 g/mol. The summed E-state index contributed by atoms with van der Waals surface area (Å²) in [6, 6.07) is 0. The van der Waals surface area contributed by atoms with Crippen molar-refractivity contribution in [3.05, 3.63) is 0 Å².